The normalized spacial score (nSPS) is 13.8. The average molecular weight is 270 g/mol. The number of hydrogen-bond acceptors (Lipinski definition) is 4. The highest BCUT2D eigenvalue weighted by atomic mass is 32.1. The molecule has 0 saturated carbocycles. The maximum Gasteiger partial charge on any atom is 0.0897 e. The van der Waals surface area contributed by atoms with E-state index in [0.717, 1.165) is 30.8 Å². The van der Waals surface area contributed by atoms with Crippen LogP contribution in [0.1, 0.15) is 44.3 Å². The molecule has 0 fully saturated rings. The molecule has 0 aromatic carbocycles. The van der Waals surface area contributed by atoms with Crippen molar-refractivity contribution in [3.8, 4) is 0 Å². The number of rotatable bonds is 8. The van der Waals surface area contributed by atoms with Gasteiger partial charge in [0.05, 0.1) is 16.3 Å². The quantitative estimate of drug-likeness (QED) is 0.788. The van der Waals surface area contributed by atoms with Crippen LogP contribution in [-0.4, -0.2) is 30.3 Å². The molecule has 1 heterocycles. The SMILES string of the molecule is CCCNC(Cc1csc(C)n1)CC(C)(C)OC. The van der Waals surface area contributed by atoms with Crippen LogP contribution in [0.3, 0.4) is 0 Å². The minimum absolute atomic E-state index is 0.0868. The van der Waals surface area contributed by atoms with Crippen molar-refractivity contribution in [2.45, 2.75) is 58.6 Å². The highest BCUT2D eigenvalue weighted by Gasteiger charge is 2.23. The summed E-state index contributed by atoms with van der Waals surface area (Å²) in [5.74, 6) is 0. The van der Waals surface area contributed by atoms with Gasteiger partial charge in [-0.25, -0.2) is 4.98 Å². The summed E-state index contributed by atoms with van der Waals surface area (Å²) in [5, 5.41) is 6.91. The van der Waals surface area contributed by atoms with Gasteiger partial charge in [-0.3, -0.25) is 0 Å². The van der Waals surface area contributed by atoms with Crippen LogP contribution in [0.15, 0.2) is 5.38 Å². The fraction of sp³-hybridized carbons (Fsp3) is 0.786. The Bertz CT molecular complexity index is 349. The molecule has 0 radical (unpaired) electrons. The standard InChI is InChI=1S/C14H26N2OS/c1-6-7-15-12(9-14(3,4)17-5)8-13-10-18-11(2)16-13/h10,12,15H,6-9H2,1-5H3. The summed E-state index contributed by atoms with van der Waals surface area (Å²) in [6, 6.07) is 0.432. The summed E-state index contributed by atoms with van der Waals surface area (Å²) in [6.07, 6.45) is 3.14. The first-order valence-corrected chi connectivity index (χ1v) is 7.54. The van der Waals surface area contributed by atoms with E-state index in [-0.39, 0.29) is 5.60 Å². The first kappa shape index (κ1) is 15.6. The average Bonchev–Trinajstić information content (AvgIpc) is 2.71. The zero-order valence-corrected chi connectivity index (χ0v) is 13.1. The monoisotopic (exact) mass is 270 g/mol. The molecule has 0 aliphatic heterocycles. The summed E-state index contributed by atoms with van der Waals surface area (Å²) >= 11 is 1.72. The molecule has 4 heteroatoms. The minimum Gasteiger partial charge on any atom is -0.379 e. The van der Waals surface area contributed by atoms with E-state index in [1.165, 1.54) is 5.69 Å². The Hall–Kier alpha value is -0.450. The molecule has 1 aromatic rings. The molecule has 1 N–H and O–H groups in total. The predicted molar refractivity (Wildman–Crippen MR) is 78.3 cm³/mol. The lowest BCUT2D eigenvalue weighted by Gasteiger charge is -2.29. The van der Waals surface area contributed by atoms with Gasteiger partial charge < -0.3 is 10.1 Å². The van der Waals surface area contributed by atoms with Crippen molar-refractivity contribution in [3.05, 3.63) is 16.1 Å². The molecule has 1 aromatic heterocycles. The maximum absolute atomic E-state index is 5.53. The van der Waals surface area contributed by atoms with Gasteiger partial charge >= 0.3 is 0 Å². The number of hydrogen-bond donors (Lipinski definition) is 1. The summed E-state index contributed by atoms with van der Waals surface area (Å²) in [6.45, 7) is 9.58. The molecule has 0 aliphatic rings. The summed E-state index contributed by atoms with van der Waals surface area (Å²) in [5.41, 5.74) is 1.11. The Morgan fingerprint density at radius 3 is 2.72 bits per heavy atom. The van der Waals surface area contributed by atoms with Crippen LogP contribution < -0.4 is 5.32 Å². The second-order valence-corrected chi connectivity index (χ2v) is 6.44. The largest absolute Gasteiger partial charge is 0.379 e. The lowest BCUT2D eigenvalue weighted by Crippen LogP contribution is -2.39. The molecule has 3 nitrogen and oxygen atoms in total. The van der Waals surface area contributed by atoms with Gasteiger partial charge in [-0.05, 0) is 40.2 Å². The van der Waals surface area contributed by atoms with Crippen LogP contribution in [-0.2, 0) is 11.2 Å². The van der Waals surface area contributed by atoms with Crippen molar-refractivity contribution in [3.63, 3.8) is 0 Å². The smallest absolute Gasteiger partial charge is 0.0897 e. The van der Waals surface area contributed by atoms with Crippen LogP contribution in [0.25, 0.3) is 0 Å². The Kier molecular flexibility index (Phi) is 6.26. The lowest BCUT2D eigenvalue weighted by atomic mass is 9.96. The molecule has 0 bridgehead atoms. The fourth-order valence-electron chi connectivity index (χ4n) is 2.00. The molecular formula is C14H26N2OS. The van der Waals surface area contributed by atoms with Gasteiger partial charge in [0, 0.05) is 25.0 Å². The van der Waals surface area contributed by atoms with Gasteiger partial charge in [0.2, 0.25) is 0 Å². The molecule has 0 amide bonds. The van der Waals surface area contributed by atoms with Gasteiger partial charge in [0.1, 0.15) is 0 Å². The summed E-state index contributed by atoms with van der Waals surface area (Å²) < 4.78 is 5.53. The molecule has 1 rings (SSSR count). The highest BCUT2D eigenvalue weighted by Crippen LogP contribution is 2.19. The summed E-state index contributed by atoms with van der Waals surface area (Å²) in [4.78, 5) is 4.55. The highest BCUT2D eigenvalue weighted by molar-refractivity contribution is 7.09. The molecule has 18 heavy (non-hydrogen) atoms. The van der Waals surface area contributed by atoms with Crippen molar-refractivity contribution in [2.24, 2.45) is 0 Å². The first-order chi connectivity index (χ1) is 8.46. The second-order valence-electron chi connectivity index (χ2n) is 5.38. The van der Waals surface area contributed by atoms with Gasteiger partial charge in [-0.1, -0.05) is 6.92 Å². The Balaban J connectivity index is 2.60. The van der Waals surface area contributed by atoms with Crippen LogP contribution in [0.2, 0.25) is 0 Å². The Labute approximate surface area is 115 Å². The van der Waals surface area contributed by atoms with Crippen molar-refractivity contribution in [1.29, 1.82) is 0 Å². The van der Waals surface area contributed by atoms with E-state index in [1.54, 1.807) is 18.4 Å². The lowest BCUT2D eigenvalue weighted by molar-refractivity contribution is 0.00708. The summed E-state index contributed by atoms with van der Waals surface area (Å²) in [7, 11) is 1.78. The van der Waals surface area contributed by atoms with Gasteiger partial charge in [-0.2, -0.15) is 0 Å². The van der Waals surface area contributed by atoms with E-state index in [1.807, 2.05) is 0 Å². The van der Waals surface area contributed by atoms with Gasteiger partial charge in [-0.15, -0.1) is 11.3 Å². The van der Waals surface area contributed by atoms with E-state index in [0.29, 0.717) is 6.04 Å². The Morgan fingerprint density at radius 2 is 2.22 bits per heavy atom. The predicted octanol–water partition coefficient (Wildman–Crippen LogP) is 3.18. The minimum atomic E-state index is -0.0868. The van der Waals surface area contributed by atoms with Crippen molar-refractivity contribution >= 4 is 11.3 Å². The van der Waals surface area contributed by atoms with Gasteiger partial charge in [0.15, 0.2) is 0 Å². The third kappa shape index (κ3) is 5.46. The van der Waals surface area contributed by atoms with Crippen molar-refractivity contribution < 1.29 is 4.74 Å². The molecule has 0 spiro atoms. The molecule has 0 aliphatic carbocycles. The molecule has 1 unspecified atom stereocenters. The van der Waals surface area contributed by atoms with E-state index < -0.39 is 0 Å². The third-order valence-electron chi connectivity index (χ3n) is 3.10. The number of ether oxygens (including phenoxy) is 1. The van der Waals surface area contributed by atoms with E-state index in [2.05, 4.69) is 43.4 Å². The van der Waals surface area contributed by atoms with E-state index >= 15 is 0 Å². The number of nitrogens with zero attached hydrogens (tertiary/aromatic N) is 1. The van der Waals surface area contributed by atoms with Crippen molar-refractivity contribution in [2.75, 3.05) is 13.7 Å². The number of aromatic nitrogens is 1. The number of methoxy groups -OCH3 is 1. The van der Waals surface area contributed by atoms with E-state index in [9.17, 15) is 0 Å². The number of aryl methyl sites for hydroxylation is 1. The fourth-order valence-corrected chi connectivity index (χ4v) is 2.62. The maximum atomic E-state index is 5.53. The van der Waals surface area contributed by atoms with Crippen LogP contribution >= 0.6 is 11.3 Å². The number of thiazole rings is 1. The van der Waals surface area contributed by atoms with Crippen LogP contribution in [0.5, 0.6) is 0 Å². The molecule has 1 atom stereocenters. The third-order valence-corrected chi connectivity index (χ3v) is 3.92. The van der Waals surface area contributed by atoms with E-state index in [4.69, 9.17) is 4.74 Å². The van der Waals surface area contributed by atoms with Crippen molar-refractivity contribution in [1.82, 2.24) is 10.3 Å². The van der Waals surface area contributed by atoms with Crippen LogP contribution in [0, 0.1) is 6.92 Å². The van der Waals surface area contributed by atoms with Crippen LogP contribution in [0.4, 0.5) is 0 Å². The second kappa shape index (κ2) is 7.22. The number of nitrogens with one attached hydrogen (secondary N) is 1. The molecule has 0 saturated heterocycles. The zero-order chi connectivity index (χ0) is 13.6. The zero-order valence-electron chi connectivity index (χ0n) is 12.2. The first-order valence-electron chi connectivity index (χ1n) is 6.66. The molecular weight excluding hydrogens is 244 g/mol. The van der Waals surface area contributed by atoms with Gasteiger partial charge in [0.25, 0.3) is 0 Å². The molecule has 104 valence electrons. The Morgan fingerprint density at radius 1 is 1.50 bits per heavy atom. The topological polar surface area (TPSA) is 34.2 Å².